The molecule has 0 aliphatic carbocycles. The lowest BCUT2D eigenvalue weighted by Crippen LogP contribution is -1.85. The minimum absolute atomic E-state index is 0.361. The number of aromatic hydroxyl groups is 1. The number of rotatable bonds is 5. The van der Waals surface area contributed by atoms with E-state index >= 15 is 0 Å². The first-order chi connectivity index (χ1) is 9.43. The van der Waals surface area contributed by atoms with Gasteiger partial charge in [0.25, 0.3) is 0 Å². The highest BCUT2D eigenvalue weighted by Crippen LogP contribution is 2.20. The van der Waals surface area contributed by atoms with E-state index in [4.69, 9.17) is 11.6 Å². The van der Waals surface area contributed by atoms with Crippen molar-refractivity contribution in [3.05, 3.63) is 59.0 Å². The van der Waals surface area contributed by atoms with Crippen molar-refractivity contribution in [1.29, 1.82) is 0 Å². The molecule has 0 fully saturated rings. The lowest BCUT2D eigenvalue weighted by atomic mass is 10.1. The highest BCUT2D eigenvalue weighted by molar-refractivity contribution is 6.32. The highest BCUT2D eigenvalue weighted by atomic mass is 35.5. The number of benzene rings is 1. The van der Waals surface area contributed by atoms with E-state index in [2.05, 4.69) is 11.6 Å². The SMILES string of the molecule is C=C(Cl)C(=C\N=C(C)CC)/C=C/c1ccc(F)c(O)c1. The number of halogens is 2. The number of aliphatic imine (C=N–C) groups is 1. The van der Waals surface area contributed by atoms with Crippen LogP contribution in [0.25, 0.3) is 6.08 Å². The molecule has 0 spiro atoms. The predicted molar refractivity (Wildman–Crippen MR) is 83.6 cm³/mol. The van der Waals surface area contributed by atoms with Gasteiger partial charge in [0, 0.05) is 22.5 Å². The van der Waals surface area contributed by atoms with Crippen molar-refractivity contribution in [1.82, 2.24) is 0 Å². The average molecular weight is 294 g/mol. The number of hydrogen-bond donors (Lipinski definition) is 1. The fourth-order valence-corrected chi connectivity index (χ4v) is 1.41. The van der Waals surface area contributed by atoms with Crippen LogP contribution in [0, 0.1) is 5.82 Å². The first-order valence-corrected chi connectivity index (χ1v) is 6.56. The molecule has 0 amide bonds. The molecule has 4 heteroatoms. The van der Waals surface area contributed by atoms with Gasteiger partial charge < -0.3 is 5.11 Å². The molecule has 0 saturated heterocycles. The van der Waals surface area contributed by atoms with Crippen LogP contribution in [0.2, 0.25) is 0 Å². The number of phenols is 1. The van der Waals surface area contributed by atoms with E-state index in [9.17, 15) is 9.50 Å². The Hall–Kier alpha value is -1.87. The summed E-state index contributed by atoms with van der Waals surface area (Å²) in [7, 11) is 0. The van der Waals surface area contributed by atoms with Gasteiger partial charge in [-0.05, 0) is 31.0 Å². The molecule has 2 nitrogen and oxygen atoms in total. The Balaban J connectivity index is 2.98. The van der Waals surface area contributed by atoms with Gasteiger partial charge in [-0.15, -0.1) is 0 Å². The van der Waals surface area contributed by atoms with Crippen molar-refractivity contribution in [3.63, 3.8) is 0 Å². The summed E-state index contributed by atoms with van der Waals surface area (Å²) in [6.07, 6.45) is 5.91. The van der Waals surface area contributed by atoms with Crippen molar-refractivity contribution in [2.75, 3.05) is 0 Å². The zero-order valence-electron chi connectivity index (χ0n) is 11.5. The van der Waals surface area contributed by atoms with Gasteiger partial charge in [-0.3, -0.25) is 4.99 Å². The first kappa shape index (κ1) is 16.2. The summed E-state index contributed by atoms with van der Waals surface area (Å²) >= 11 is 5.90. The van der Waals surface area contributed by atoms with Crippen LogP contribution in [-0.4, -0.2) is 10.8 Å². The minimum atomic E-state index is -0.650. The largest absolute Gasteiger partial charge is 0.505 e. The fraction of sp³-hybridized carbons (Fsp3) is 0.188. The lowest BCUT2D eigenvalue weighted by molar-refractivity contribution is 0.432. The molecule has 0 aromatic heterocycles. The monoisotopic (exact) mass is 293 g/mol. The van der Waals surface area contributed by atoms with Crippen LogP contribution in [0.15, 0.2) is 52.7 Å². The van der Waals surface area contributed by atoms with E-state index in [1.54, 1.807) is 24.4 Å². The molecule has 0 aliphatic heterocycles. The Bertz CT molecular complexity index is 588. The molecular formula is C16H17ClFNO. The summed E-state index contributed by atoms with van der Waals surface area (Å²) in [6.45, 7) is 7.61. The lowest BCUT2D eigenvalue weighted by Gasteiger charge is -2.00. The van der Waals surface area contributed by atoms with E-state index in [1.807, 2.05) is 13.8 Å². The normalized spacial score (nSPS) is 13.0. The fourth-order valence-electron chi connectivity index (χ4n) is 1.29. The second-order valence-electron chi connectivity index (χ2n) is 4.25. The maximum absolute atomic E-state index is 12.9. The summed E-state index contributed by atoms with van der Waals surface area (Å²) < 4.78 is 12.9. The molecule has 1 N–H and O–H groups in total. The summed E-state index contributed by atoms with van der Waals surface area (Å²) in [5, 5.41) is 9.65. The van der Waals surface area contributed by atoms with Gasteiger partial charge >= 0.3 is 0 Å². The Morgan fingerprint density at radius 2 is 2.20 bits per heavy atom. The van der Waals surface area contributed by atoms with E-state index < -0.39 is 5.82 Å². The van der Waals surface area contributed by atoms with Crippen molar-refractivity contribution in [2.24, 2.45) is 4.99 Å². The van der Waals surface area contributed by atoms with E-state index in [-0.39, 0.29) is 5.75 Å². The molecule has 0 heterocycles. The van der Waals surface area contributed by atoms with Gasteiger partial charge in [0.1, 0.15) is 0 Å². The van der Waals surface area contributed by atoms with Gasteiger partial charge in [-0.1, -0.05) is 43.3 Å². The molecule has 0 unspecified atom stereocenters. The van der Waals surface area contributed by atoms with Crippen molar-refractivity contribution in [2.45, 2.75) is 20.3 Å². The van der Waals surface area contributed by atoms with Crippen LogP contribution < -0.4 is 0 Å². The van der Waals surface area contributed by atoms with Crippen LogP contribution in [-0.2, 0) is 0 Å². The summed E-state index contributed by atoms with van der Waals surface area (Å²) in [4.78, 5) is 4.26. The first-order valence-electron chi connectivity index (χ1n) is 6.18. The second-order valence-corrected chi connectivity index (χ2v) is 4.71. The molecule has 106 valence electrons. The van der Waals surface area contributed by atoms with Crippen LogP contribution in [0.5, 0.6) is 5.75 Å². The van der Waals surface area contributed by atoms with E-state index in [0.29, 0.717) is 16.2 Å². The number of allylic oxidation sites excluding steroid dienone is 3. The van der Waals surface area contributed by atoms with Gasteiger partial charge in [0.15, 0.2) is 11.6 Å². The number of nitrogens with zero attached hydrogens (tertiary/aromatic N) is 1. The standard InChI is InChI=1S/C16H17ClFNO/c1-4-11(2)19-10-14(12(3)17)7-5-13-6-8-15(18)16(20)9-13/h5-10,20H,3-4H2,1-2H3/b7-5+,14-10-,19-11?. The number of phenolic OH excluding ortho intramolecular Hbond substituents is 1. The Morgan fingerprint density at radius 1 is 1.50 bits per heavy atom. The zero-order valence-corrected chi connectivity index (χ0v) is 12.3. The summed E-state index contributed by atoms with van der Waals surface area (Å²) in [5.74, 6) is -1.04. The molecule has 0 aliphatic rings. The number of hydrogen-bond acceptors (Lipinski definition) is 2. The summed E-state index contributed by atoms with van der Waals surface area (Å²) in [6, 6.07) is 4.09. The van der Waals surface area contributed by atoms with Crippen LogP contribution >= 0.6 is 11.6 Å². The van der Waals surface area contributed by atoms with E-state index in [1.165, 1.54) is 12.1 Å². The van der Waals surface area contributed by atoms with Crippen molar-refractivity contribution in [3.8, 4) is 5.75 Å². The Morgan fingerprint density at radius 3 is 2.75 bits per heavy atom. The summed E-state index contributed by atoms with van der Waals surface area (Å²) in [5.41, 5.74) is 2.29. The molecular weight excluding hydrogens is 277 g/mol. The molecule has 0 atom stereocenters. The molecule has 20 heavy (non-hydrogen) atoms. The van der Waals surface area contributed by atoms with Crippen LogP contribution in [0.4, 0.5) is 4.39 Å². The van der Waals surface area contributed by atoms with Gasteiger partial charge in [-0.2, -0.15) is 0 Å². The van der Waals surface area contributed by atoms with Gasteiger partial charge in [0.2, 0.25) is 0 Å². The molecule has 0 saturated carbocycles. The predicted octanol–water partition coefficient (Wildman–Crippen LogP) is 5.05. The third-order valence-corrected chi connectivity index (χ3v) is 2.89. The van der Waals surface area contributed by atoms with Crippen LogP contribution in [0.3, 0.4) is 0 Å². The molecule has 1 aromatic rings. The molecule has 1 rings (SSSR count). The Kier molecular flexibility index (Phi) is 6.19. The molecule has 1 aromatic carbocycles. The smallest absolute Gasteiger partial charge is 0.164 e. The van der Waals surface area contributed by atoms with Crippen LogP contribution in [0.1, 0.15) is 25.8 Å². The quantitative estimate of drug-likeness (QED) is 0.598. The average Bonchev–Trinajstić information content (AvgIpc) is 2.41. The minimum Gasteiger partial charge on any atom is -0.505 e. The maximum atomic E-state index is 12.9. The highest BCUT2D eigenvalue weighted by Gasteiger charge is 2.00. The second kappa shape index (κ2) is 7.65. The third kappa shape index (κ3) is 5.02. The Labute approximate surface area is 123 Å². The van der Waals surface area contributed by atoms with Gasteiger partial charge in [-0.25, -0.2) is 4.39 Å². The van der Waals surface area contributed by atoms with Crippen molar-refractivity contribution >= 4 is 23.4 Å². The van der Waals surface area contributed by atoms with Gasteiger partial charge in [0.05, 0.1) is 0 Å². The molecule has 0 bridgehead atoms. The zero-order chi connectivity index (χ0) is 15.1. The third-order valence-electron chi connectivity index (χ3n) is 2.67. The van der Waals surface area contributed by atoms with Crippen molar-refractivity contribution < 1.29 is 9.50 Å². The molecule has 0 radical (unpaired) electrons. The van der Waals surface area contributed by atoms with E-state index in [0.717, 1.165) is 12.1 Å². The topological polar surface area (TPSA) is 32.6 Å². The maximum Gasteiger partial charge on any atom is 0.164 e.